The molecule has 1 aliphatic rings. The van der Waals surface area contributed by atoms with Crippen LogP contribution in [0.25, 0.3) is 0 Å². The molecule has 0 spiro atoms. The maximum Gasteiger partial charge on any atom is 0.373 e. The molecule has 0 saturated heterocycles. The van der Waals surface area contributed by atoms with Gasteiger partial charge in [0.25, 0.3) is 5.97 Å². The molecule has 13 nitrogen and oxygen atoms in total. The molecule has 0 aliphatic heterocycles. The van der Waals surface area contributed by atoms with Crippen molar-refractivity contribution >= 4 is 30.2 Å². The predicted molar refractivity (Wildman–Crippen MR) is 103 cm³/mol. The summed E-state index contributed by atoms with van der Waals surface area (Å²) in [6.45, 7) is 2.48. The van der Waals surface area contributed by atoms with E-state index >= 15 is 0 Å². The number of hydrogen-bond donors (Lipinski definition) is 4. The van der Waals surface area contributed by atoms with E-state index in [1.54, 1.807) is 0 Å². The summed E-state index contributed by atoms with van der Waals surface area (Å²) in [6.07, 6.45) is 4.43. The Morgan fingerprint density at radius 2 is 1.35 bits per heavy atom. The molecule has 0 aromatic heterocycles. The van der Waals surface area contributed by atoms with Gasteiger partial charge in [-0.2, -0.15) is 19.2 Å². The average Bonchev–Trinajstić information content (AvgIpc) is 2.64. The van der Waals surface area contributed by atoms with Gasteiger partial charge in [0, 0.05) is 32.1 Å². The number of nitrogens with zero attached hydrogens (tertiary/aromatic N) is 2. The molecule has 4 N–H and O–H groups in total. The fourth-order valence-corrected chi connectivity index (χ4v) is 2.87. The van der Waals surface area contributed by atoms with Gasteiger partial charge in [0.2, 0.25) is 0 Å². The van der Waals surface area contributed by atoms with Crippen LogP contribution in [0.15, 0.2) is 0 Å². The van der Waals surface area contributed by atoms with Crippen molar-refractivity contribution in [2.45, 2.75) is 44.7 Å². The average molecular weight is 449 g/mol. The number of rotatable bonds is 9. The van der Waals surface area contributed by atoms with Crippen molar-refractivity contribution in [1.82, 2.24) is 15.1 Å². The van der Waals surface area contributed by atoms with Gasteiger partial charge in [-0.25, -0.2) is 0 Å². The topological polar surface area (TPSA) is 199 Å². The minimum atomic E-state index is -0.877. The molecule has 31 heavy (non-hydrogen) atoms. The molecule has 1 aliphatic carbocycles. The van der Waals surface area contributed by atoms with Crippen LogP contribution < -0.4 is 5.32 Å². The molecular formula is C18H31N3O10. The minimum Gasteiger partial charge on any atom is -0.481 e. The normalized spacial score (nSPS) is 16.7. The molecule has 1 unspecified atom stereocenters. The van der Waals surface area contributed by atoms with Crippen LogP contribution in [0.2, 0.25) is 0 Å². The molecule has 0 radical (unpaired) electrons. The molecule has 13 heteroatoms. The summed E-state index contributed by atoms with van der Waals surface area (Å²) in [7, 11) is 3.92. The summed E-state index contributed by atoms with van der Waals surface area (Å²) >= 11 is 0. The van der Waals surface area contributed by atoms with Gasteiger partial charge in [-0.05, 0) is 26.9 Å². The first kappa shape index (κ1) is 32.7. The Morgan fingerprint density at radius 3 is 1.74 bits per heavy atom. The van der Waals surface area contributed by atoms with E-state index in [4.69, 9.17) is 39.3 Å². The third-order valence-electron chi connectivity index (χ3n) is 3.89. The van der Waals surface area contributed by atoms with E-state index in [0.717, 1.165) is 39.2 Å². The van der Waals surface area contributed by atoms with Crippen LogP contribution in [0, 0.1) is 0 Å². The number of carboxylic acid groups (broad SMARTS) is 3. The lowest BCUT2D eigenvalue weighted by molar-refractivity contribution is -0.193. The van der Waals surface area contributed by atoms with Crippen molar-refractivity contribution in [2.75, 3.05) is 40.3 Å². The van der Waals surface area contributed by atoms with Crippen molar-refractivity contribution in [3.8, 4) is 0 Å². The summed E-state index contributed by atoms with van der Waals surface area (Å²) < 4.78 is 0. The monoisotopic (exact) mass is 449 g/mol. The van der Waals surface area contributed by atoms with Gasteiger partial charge in [-0.3, -0.25) is 19.3 Å². The van der Waals surface area contributed by atoms with Gasteiger partial charge in [0.1, 0.15) is 0 Å². The van der Waals surface area contributed by atoms with Crippen molar-refractivity contribution in [2.24, 2.45) is 0 Å². The third kappa shape index (κ3) is 25.0. The molecule has 1 saturated carbocycles. The van der Waals surface area contributed by atoms with Crippen molar-refractivity contribution in [3.05, 3.63) is 0 Å². The second kappa shape index (κ2) is 21.8. The van der Waals surface area contributed by atoms with Crippen LogP contribution in [0.5, 0.6) is 0 Å². The number of hydrogen-bond acceptors (Lipinski definition) is 10. The van der Waals surface area contributed by atoms with Crippen LogP contribution in [-0.2, 0) is 33.6 Å². The Bertz CT molecular complexity index is 569. The highest BCUT2D eigenvalue weighted by molar-refractivity contribution is 5.69. The summed E-state index contributed by atoms with van der Waals surface area (Å²) in [6, 6.07) is 0.144. The highest BCUT2D eigenvalue weighted by Crippen LogP contribution is 2.23. The zero-order valence-electron chi connectivity index (χ0n) is 17.9. The van der Waals surface area contributed by atoms with E-state index < -0.39 is 17.9 Å². The SMILES string of the molecule is CC(=O)O.CN(C)CCN(CC(=O)O)[C@@H]1CCCCC1NCC(=O)O.O=C=O.O=C=O. The summed E-state index contributed by atoms with van der Waals surface area (Å²) in [5.41, 5.74) is 0. The second-order valence-corrected chi connectivity index (χ2v) is 6.59. The van der Waals surface area contributed by atoms with Crippen LogP contribution >= 0.6 is 0 Å². The minimum absolute atomic E-state index is 0.00373. The fourth-order valence-electron chi connectivity index (χ4n) is 2.87. The van der Waals surface area contributed by atoms with E-state index in [1.807, 2.05) is 23.9 Å². The Kier molecular flexibility index (Phi) is 22.9. The Labute approximate surface area is 180 Å². The van der Waals surface area contributed by atoms with Gasteiger partial charge in [0.15, 0.2) is 0 Å². The first-order valence-electron chi connectivity index (χ1n) is 9.20. The van der Waals surface area contributed by atoms with Crippen molar-refractivity contribution < 1.29 is 48.9 Å². The Balaban J connectivity index is -0.000000659. The van der Waals surface area contributed by atoms with E-state index in [0.29, 0.717) is 6.54 Å². The first-order chi connectivity index (χ1) is 14.5. The van der Waals surface area contributed by atoms with Gasteiger partial charge in [-0.15, -0.1) is 0 Å². The van der Waals surface area contributed by atoms with Crippen LogP contribution in [0.4, 0.5) is 0 Å². The van der Waals surface area contributed by atoms with E-state index in [9.17, 15) is 9.59 Å². The maximum absolute atomic E-state index is 11.1. The van der Waals surface area contributed by atoms with Gasteiger partial charge < -0.3 is 25.5 Å². The summed E-state index contributed by atoms with van der Waals surface area (Å²) in [4.78, 5) is 67.3. The highest BCUT2D eigenvalue weighted by atomic mass is 16.4. The van der Waals surface area contributed by atoms with Gasteiger partial charge in [0.05, 0.1) is 13.1 Å². The zero-order valence-corrected chi connectivity index (χ0v) is 17.9. The van der Waals surface area contributed by atoms with Crippen LogP contribution in [0.3, 0.4) is 0 Å². The van der Waals surface area contributed by atoms with Gasteiger partial charge >= 0.3 is 24.2 Å². The first-order valence-corrected chi connectivity index (χ1v) is 9.20. The molecule has 1 fully saturated rings. The summed E-state index contributed by atoms with van der Waals surface area (Å²) in [5.74, 6) is -2.55. The molecule has 178 valence electrons. The number of likely N-dealkylation sites (N-methyl/N-ethyl adjacent to an activating group) is 1. The van der Waals surface area contributed by atoms with Crippen LogP contribution in [0.1, 0.15) is 32.6 Å². The van der Waals surface area contributed by atoms with E-state index in [-0.39, 0.29) is 37.5 Å². The van der Waals surface area contributed by atoms with Gasteiger partial charge in [-0.1, -0.05) is 12.8 Å². The fraction of sp³-hybridized carbons (Fsp3) is 0.722. The lowest BCUT2D eigenvalue weighted by Crippen LogP contribution is -2.55. The van der Waals surface area contributed by atoms with E-state index in [2.05, 4.69) is 5.32 Å². The molecule has 0 bridgehead atoms. The molecule has 1 rings (SSSR count). The van der Waals surface area contributed by atoms with E-state index in [1.165, 1.54) is 0 Å². The predicted octanol–water partition coefficient (Wildman–Crippen LogP) is -1.16. The molecule has 0 amide bonds. The molecule has 0 aromatic carbocycles. The molecule has 0 aromatic rings. The number of carbonyl (C=O) groups is 3. The van der Waals surface area contributed by atoms with Crippen molar-refractivity contribution in [3.63, 3.8) is 0 Å². The summed E-state index contributed by atoms with van der Waals surface area (Å²) in [5, 5.41) is 28.4. The largest absolute Gasteiger partial charge is 0.481 e. The lowest BCUT2D eigenvalue weighted by Gasteiger charge is -2.40. The van der Waals surface area contributed by atoms with Crippen molar-refractivity contribution in [1.29, 1.82) is 0 Å². The number of carbonyl (C=O) groups excluding carboxylic acids is 4. The molecule has 0 heterocycles. The molecule has 2 atom stereocenters. The zero-order chi connectivity index (χ0) is 24.8. The Morgan fingerprint density at radius 1 is 0.903 bits per heavy atom. The lowest BCUT2D eigenvalue weighted by atomic mass is 9.89. The standard InChI is InChI=1S/C14H27N3O4.C2H4O2.2CO2/c1-16(2)7-8-17(10-14(20)21)12-6-4-3-5-11(12)15-9-13(18)19;1-2(3)4;2*2-1-3/h11-12,15H,3-10H2,1-2H3,(H,18,19)(H,20,21);1H3,(H,3,4);;/t11?,12-;;;/m1.../s1. The quantitative estimate of drug-likeness (QED) is 0.329. The smallest absolute Gasteiger partial charge is 0.373 e. The maximum atomic E-state index is 11.1. The number of carboxylic acids is 3. The number of aliphatic carboxylic acids is 3. The third-order valence-corrected chi connectivity index (χ3v) is 3.89. The molecular weight excluding hydrogens is 418 g/mol. The van der Waals surface area contributed by atoms with Crippen LogP contribution in [-0.4, -0.2) is 108 Å². The second-order valence-electron chi connectivity index (χ2n) is 6.59. The number of nitrogens with one attached hydrogen (secondary N) is 1. The highest BCUT2D eigenvalue weighted by Gasteiger charge is 2.31. The Hall–Kier alpha value is -2.95.